The molecule has 0 amide bonds. The van der Waals surface area contributed by atoms with Gasteiger partial charge < -0.3 is 10.6 Å². The Morgan fingerprint density at radius 3 is 2.65 bits per heavy atom. The van der Waals surface area contributed by atoms with Gasteiger partial charge in [-0.1, -0.05) is 12.1 Å². The van der Waals surface area contributed by atoms with Gasteiger partial charge in [-0.25, -0.2) is 4.98 Å². The molecule has 0 saturated carbocycles. The summed E-state index contributed by atoms with van der Waals surface area (Å²) in [6.07, 6.45) is 0. The maximum atomic E-state index is 4.41. The molecule has 0 fully saturated rings. The number of anilines is 3. The predicted octanol–water partition coefficient (Wildman–Crippen LogP) is 3.94. The second-order valence-corrected chi connectivity index (χ2v) is 4.62. The Hall–Kier alpha value is -1.55. The summed E-state index contributed by atoms with van der Waals surface area (Å²) in [5.74, 6) is 1.67. The van der Waals surface area contributed by atoms with E-state index >= 15 is 0 Å². The second kappa shape index (κ2) is 5.19. The topological polar surface area (TPSA) is 37.0 Å². The number of halogens is 1. The summed E-state index contributed by atoms with van der Waals surface area (Å²) in [6, 6.07) is 12.0. The third kappa shape index (κ3) is 2.97. The molecule has 1 aromatic carbocycles. The average Bonchev–Trinajstić information content (AvgIpc) is 2.34. The quantitative estimate of drug-likeness (QED) is 0.899. The van der Waals surface area contributed by atoms with Crippen molar-refractivity contribution in [3.05, 3.63) is 46.4 Å². The molecule has 0 radical (unpaired) electrons. The summed E-state index contributed by atoms with van der Waals surface area (Å²) in [5, 5.41) is 6.31. The highest BCUT2D eigenvalue weighted by Crippen LogP contribution is 2.26. The molecular weight excluding hydrogens is 278 g/mol. The van der Waals surface area contributed by atoms with Crippen LogP contribution in [0.2, 0.25) is 0 Å². The Morgan fingerprint density at radius 2 is 1.88 bits per heavy atom. The van der Waals surface area contributed by atoms with Gasteiger partial charge in [-0.2, -0.15) is 0 Å². The fraction of sp³-hybridized carbons (Fsp3) is 0.154. The van der Waals surface area contributed by atoms with Crippen molar-refractivity contribution in [3.63, 3.8) is 0 Å². The van der Waals surface area contributed by atoms with Crippen LogP contribution in [-0.2, 0) is 0 Å². The van der Waals surface area contributed by atoms with Crippen molar-refractivity contribution in [1.82, 2.24) is 4.98 Å². The molecule has 0 bridgehead atoms. The van der Waals surface area contributed by atoms with Gasteiger partial charge in [0, 0.05) is 11.5 Å². The molecule has 0 unspecified atom stereocenters. The normalized spacial score (nSPS) is 10.1. The van der Waals surface area contributed by atoms with Crippen molar-refractivity contribution in [2.24, 2.45) is 0 Å². The van der Waals surface area contributed by atoms with Crippen molar-refractivity contribution >= 4 is 33.3 Å². The van der Waals surface area contributed by atoms with E-state index in [4.69, 9.17) is 0 Å². The number of hydrogen-bond acceptors (Lipinski definition) is 3. The van der Waals surface area contributed by atoms with Crippen LogP contribution in [0.25, 0.3) is 0 Å². The number of hydrogen-bond donors (Lipinski definition) is 2. The molecule has 0 aliphatic carbocycles. The lowest BCUT2D eigenvalue weighted by molar-refractivity contribution is 1.27. The molecule has 1 aromatic heterocycles. The van der Waals surface area contributed by atoms with Gasteiger partial charge in [-0.3, -0.25) is 0 Å². The van der Waals surface area contributed by atoms with E-state index in [2.05, 4.69) is 50.6 Å². The van der Waals surface area contributed by atoms with Crippen LogP contribution in [0.5, 0.6) is 0 Å². The van der Waals surface area contributed by atoms with Crippen LogP contribution >= 0.6 is 15.9 Å². The molecule has 0 aliphatic heterocycles. The molecule has 2 N–H and O–H groups in total. The van der Waals surface area contributed by atoms with E-state index in [0.717, 1.165) is 21.8 Å². The summed E-state index contributed by atoms with van der Waals surface area (Å²) in [5.41, 5.74) is 2.23. The minimum Gasteiger partial charge on any atom is -0.373 e. The maximum absolute atomic E-state index is 4.41. The summed E-state index contributed by atoms with van der Waals surface area (Å²) >= 11 is 3.52. The van der Waals surface area contributed by atoms with E-state index in [9.17, 15) is 0 Å². The van der Waals surface area contributed by atoms with Crippen LogP contribution in [0.3, 0.4) is 0 Å². The highest BCUT2D eigenvalue weighted by Gasteiger charge is 2.02. The van der Waals surface area contributed by atoms with Crippen LogP contribution in [0.15, 0.2) is 40.9 Å². The third-order valence-electron chi connectivity index (χ3n) is 2.39. The van der Waals surface area contributed by atoms with E-state index in [0.29, 0.717) is 0 Å². The number of pyridine rings is 1. The van der Waals surface area contributed by atoms with Crippen LogP contribution in [0.1, 0.15) is 5.56 Å². The number of benzene rings is 1. The minimum absolute atomic E-state index is 0.822. The first-order valence-corrected chi connectivity index (χ1v) is 6.16. The molecule has 88 valence electrons. The van der Waals surface area contributed by atoms with Crippen LogP contribution in [0, 0.1) is 6.92 Å². The van der Waals surface area contributed by atoms with Crippen molar-refractivity contribution in [2.75, 3.05) is 17.7 Å². The Bertz CT molecular complexity index is 526. The van der Waals surface area contributed by atoms with E-state index in [1.54, 1.807) is 0 Å². The van der Waals surface area contributed by atoms with Gasteiger partial charge in [0.25, 0.3) is 0 Å². The molecule has 17 heavy (non-hydrogen) atoms. The average molecular weight is 292 g/mol. The Morgan fingerprint density at radius 1 is 1.12 bits per heavy atom. The summed E-state index contributed by atoms with van der Waals surface area (Å²) in [4.78, 5) is 4.41. The van der Waals surface area contributed by atoms with Crippen LogP contribution in [0.4, 0.5) is 17.3 Å². The summed E-state index contributed by atoms with van der Waals surface area (Å²) in [7, 11) is 1.86. The Kier molecular flexibility index (Phi) is 3.64. The van der Waals surface area contributed by atoms with Crippen molar-refractivity contribution < 1.29 is 0 Å². The lowest BCUT2D eigenvalue weighted by Gasteiger charge is -2.09. The number of aromatic nitrogens is 1. The third-order valence-corrected chi connectivity index (χ3v) is 3.08. The molecule has 0 spiro atoms. The first kappa shape index (κ1) is 11.9. The molecule has 4 heteroatoms. The van der Waals surface area contributed by atoms with Gasteiger partial charge in [-0.05, 0) is 52.7 Å². The van der Waals surface area contributed by atoms with Gasteiger partial charge in [0.15, 0.2) is 0 Å². The van der Waals surface area contributed by atoms with Gasteiger partial charge in [-0.15, -0.1) is 0 Å². The lowest BCUT2D eigenvalue weighted by Crippen LogP contribution is -1.98. The molecule has 1 heterocycles. The molecule has 0 aliphatic rings. The zero-order valence-corrected chi connectivity index (χ0v) is 11.4. The lowest BCUT2D eigenvalue weighted by atomic mass is 10.2. The molecule has 0 saturated heterocycles. The summed E-state index contributed by atoms with van der Waals surface area (Å²) in [6.45, 7) is 2.06. The highest BCUT2D eigenvalue weighted by molar-refractivity contribution is 9.10. The second-order valence-electron chi connectivity index (χ2n) is 3.77. The Labute approximate surface area is 109 Å². The zero-order valence-electron chi connectivity index (χ0n) is 9.79. The van der Waals surface area contributed by atoms with Crippen LogP contribution in [-0.4, -0.2) is 12.0 Å². The standard InChI is InChI=1S/C13H14BrN3/c1-9-6-7-10(14)11(8-9)16-13-5-3-4-12(15-2)17-13/h3-8H,1-2H3,(H2,15,16,17). The van der Waals surface area contributed by atoms with E-state index in [-0.39, 0.29) is 0 Å². The SMILES string of the molecule is CNc1cccc(Nc2cc(C)ccc2Br)n1. The van der Waals surface area contributed by atoms with Crippen molar-refractivity contribution in [2.45, 2.75) is 6.92 Å². The number of rotatable bonds is 3. The predicted molar refractivity (Wildman–Crippen MR) is 75.9 cm³/mol. The van der Waals surface area contributed by atoms with Gasteiger partial charge in [0.1, 0.15) is 11.6 Å². The van der Waals surface area contributed by atoms with Crippen LogP contribution < -0.4 is 10.6 Å². The maximum Gasteiger partial charge on any atom is 0.132 e. The fourth-order valence-corrected chi connectivity index (χ4v) is 1.86. The molecule has 2 aromatic rings. The monoisotopic (exact) mass is 291 g/mol. The molecule has 2 rings (SSSR count). The van der Waals surface area contributed by atoms with Crippen molar-refractivity contribution in [3.8, 4) is 0 Å². The number of aryl methyl sites for hydroxylation is 1. The smallest absolute Gasteiger partial charge is 0.132 e. The van der Waals surface area contributed by atoms with E-state index < -0.39 is 0 Å². The first-order valence-electron chi connectivity index (χ1n) is 5.37. The van der Waals surface area contributed by atoms with Gasteiger partial charge >= 0.3 is 0 Å². The number of nitrogens with zero attached hydrogens (tertiary/aromatic N) is 1. The molecule has 3 nitrogen and oxygen atoms in total. The highest BCUT2D eigenvalue weighted by atomic mass is 79.9. The van der Waals surface area contributed by atoms with Crippen molar-refractivity contribution in [1.29, 1.82) is 0 Å². The summed E-state index contributed by atoms with van der Waals surface area (Å²) < 4.78 is 1.03. The van der Waals surface area contributed by atoms with Gasteiger partial charge in [0.05, 0.1) is 5.69 Å². The first-order chi connectivity index (χ1) is 8.19. The Balaban J connectivity index is 2.27. The molecular formula is C13H14BrN3. The van der Waals surface area contributed by atoms with Gasteiger partial charge in [0.2, 0.25) is 0 Å². The van der Waals surface area contributed by atoms with E-state index in [1.165, 1.54) is 5.56 Å². The largest absolute Gasteiger partial charge is 0.373 e. The zero-order chi connectivity index (χ0) is 12.3. The minimum atomic E-state index is 0.822. The number of nitrogens with one attached hydrogen (secondary N) is 2. The van der Waals surface area contributed by atoms with E-state index in [1.807, 2.05) is 31.3 Å². The molecule has 0 atom stereocenters. The fourth-order valence-electron chi connectivity index (χ4n) is 1.52.